The monoisotopic (exact) mass is 293 g/mol. The molecule has 0 bridgehead atoms. The summed E-state index contributed by atoms with van der Waals surface area (Å²) in [6.07, 6.45) is 4.32. The maximum absolute atomic E-state index is 12.4. The van der Waals surface area contributed by atoms with Crippen LogP contribution in [0.1, 0.15) is 35.3 Å². The summed E-state index contributed by atoms with van der Waals surface area (Å²) < 4.78 is 11.0. The Balaban J connectivity index is 1.61. The van der Waals surface area contributed by atoms with Gasteiger partial charge in [0.2, 0.25) is 0 Å². The van der Waals surface area contributed by atoms with Crippen LogP contribution in [0, 0.1) is 6.92 Å². The molecule has 2 fully saturated rings. The van der Waals surface area contributed by atoms with Crippen molar-refractivity contribution in [2.75, 3.05) is 33.8 Å². The summed E-state index contributed by atoms with van der Waals surface area (Å²) in [7, 11) is 4.20. The Morgan fingerprint density at radius 1 is 1.43 bits per heavy atom. The molecule has 116 valence electrons. The van der Waals surface area contributed by atoms with Crippen LogP contribution in [0.4, 0.5) is 0 Å². The van der Waals surface area contributed by atoms with E-state index in [2.05, 4.69) is 24.2 Å². The quantitative estimate of drug-likeness (QED) is 0.823. The predicted molar refractivity (Wildman–Crippen MR) is 77.2 cm³/mol. The summed E-state index contributed by atoms with van der Waals surface area (Å²) in [5.41, 5.74) is 1.20. The van der Waals surface area contributed by atoms with Gasteiger partial charge in [0.15, 0.2) is 0 Å². The highest BCUT2D eigenvalue weighted by atomic mass is 16.5. The first-order valence-corrected chi connectivity index (χ1v) is 7.51. The molecule has 2 saturated heterocycles. The smallest absolute Gasteiger partial charge is 0.259 e. The van der Waals surface area contributed by atoms with E-state index in [1.807, 2.05) is 4.90 Å². The number of ether oxygens (including phenoxy) is 1. The minimum Gasteiger partial charge on any atom is -0.373 e. The first-order chi connectivity index (χ1) is 10.0. The largest absolute Gasteiger partial charge is 0.373 e. The van der Waals surface area contributed by atoms with Gasteiger partial charge in [0.05, 0.1) is 17.9 Å². The van der Waals surface area contributed by atoms with Gasteiger partial charge in [0, 0.05) is 19.1 Å². The first kappa shape index (κ1) is 14.5. The number of carbonyl (C=O) groups is 1. The van der Waals surface area contributed by atoms with Crippen LogP contribution in [0.5, 0.6) is 0 Å². The molecule has 2 aliphatic rings. The van der Waals surface area contributed by atoms with Crippen molar-refractivity contribution in [2.24, 2.45) is 0 Å². The molecule has 0 N–H and O–H groups in total. The maximum Gasteiger partial charge on any atom is 0.259 e. The van der Waals surface area contributed by atoms with Crippen molar-refractivity contribution in [3.63, 3.8) is 0 Å². The number of nitrogens with zero attached hydrogens (tertiary/aromatic N) is 3. The maximum atomic E-state index is 12.4. The number of likely N-dealkylation sites (N-methyl/N-ethyl adjacent to an activating group) is 1. The molecule has 6 nitrogen and oxygen atoms in total. The molecule has 3 heterocycles. The topological polar surface area (TPSA) is 58.8 Å². The molecule has 0 aliphatic carbocycles. The van der Waals surface area contributed by atoms with Crippen LogP contribution in [0.15, 0.2) is 10.8 Å². The molecular weight excluding hydrogens is 270 g/mol. The lowest BCUT2D eigenvalue weighted by Gasteiger charge is -2.38. The normalized spacial score (nSPS) is 25.0. The molecule has 1 spiro atoms. The second-order valence-electron chi connectivity index (χ2n) is 6.42. The third kappa shape index (κ3) is 2.70. The summed E-state index contributed by atoms with van der Waals surface area (Å²) >= 11 is 0. The first-order valence-electron chi connectivity index (χ1n) is 7.51. The standard InChI is InChI=1S/C15H23N3O3/c1-11-13(10-21-16-11)14(19)18-6-4-15(5-7-18)8-12(9-20-15)17(2)3/h10,12H,4-9H2,1-3H3. The average Bonchev–Trinajstić information content (AvgIpc) is 3.06. The zero-order chi connectivity index (χ0) is 15.0. The van der Waals surface area contributed by atoms with Crippen molar-refractivity contribution < 1.29 is 14.1 Å². The SMILES string of the molecule is Cc1nocc1C(=O)N1CCC2(CC1)CC(N(C)C)CO2. The third-order valence-corrected chi connectivity index (χ3v) is 4.86. The molecular formula is C15H23N3O3. The Bertz CT molecular complexity index is 518. The molecule has 1 unspecified atom stereocenters. The van der Waals surface area contributed by atoms with Gasteiger partial charge in [-0.1, -0.05) is 5.16 Å². The molecule has 2 aliphatic heterocycles. The molecule has 1 amide bonds. The van der Waals surface area contributed by atoms with Gasteiger partial charge in [-0.15, -0.1) is 0 Å². The Hall–Kier alpha value is -1.40. The van der Waals surface area contributed by atoms with Gasteiger partial charge >= 0.3 is 0 Å². The summed E-state index contributed by atoms with van der Waals surface area (Å²) in [6.45, 7) is 4.07. The molecule has 3 rings (SSSR count). The van der Waals surface area contributed by atoms with Crippen molar-refractivity contribution in [1.29, 1.82) is 0 Å². The number of hydrogen-bond acceptors (Lipinski definition) is 5. The number of aryl methyl sites for hydroxylation is 1. The van der Waals surface area contributed by atoms with E-state index in [4.69, 9.17) is 9.26 Å². The van der Waals surface area contributed by atoms with E-state index in [9.17, 15) is 4.79 Å². The number of amides is 1. The molecule has 1 aromatic rings. The van der Waals surface area contributed by atoms with Gasteiger partial charge < -0.3 is 19.1 Å². The molecule has 21 heavy (non-hydrogen) atoms. The molecule has 1 aromatic heterocycles. The summed E-state index contributed by atoms with van der Waals surface area (Å²) in [6, 6.07) is 0.493. The zero-order valence-corrected chi connectivity index (χ0v) is 13.0. The Morgan fingerprint density at radius 3 is 2.67 bits per heavy atom. The van der Waals surface area contributed by atoms with Crippen LogP contribution < -0.4 is 0 Å². The van der Waals surface area contributed by atoms with Crippen molar-refractivity contribution in [2.45, 2.75) is 37.8 Å². The van der Waals surface area contributed by atoms with Crippen LogP contribution >= 0.6 is 0 Å². The second kappa shape index (κ2) is 5.42. The molecule has 0 radical (unpaired) electrons. The minimum absolute atomic E-state index is 0.0192. The Morgan fingerprint density at radius 2 is 2.14 bits per heavy atom. The van der Waals surface area contributed by atoms with Gasteiger partial charge in [0.1, 0.15) is 11.8 Å². The van der Waals surface area contributed by atoms with Crippen LogP contribution in [0.2, 0.25) is 0 Å². The number of aromatic nitrogens is 1. The molecule has 0 saturated carbocycles. The fourth-order valence-electron chi connectivity index (χ4n) is 3.29. The lowest BCUT2D eigenvalue weighted by molar-refractivity contribution is -0.0392. The highest BCUT2D eigenvalue weighted by molar-refractivity contribution is 5.94. The fourth-order valence-corrected chi connectivity index (χ4v) is 3.29. The lowest BCUT2D eigenvalue weighted by atomic mass is 9.87. The van der Waals surface area contributed by atoms with E-state index in [0.717, 1.165) is 39.0 Å². The molecule has 6 heteroatoms. The third-order valence-electron chi connectivity index (χ3n) is 4.86. The van der Waals surface area contributed by atoms with Gasteiger partial charge in [-0.3, -0.25) is 4.79 Å². The van der Waals surface area contributed by atoms with Crippen molar-refractivity contribution >= 4 is 5.91 Å². The van der Waals surface area contributed by atoms with E-state index in [0.29, 0.717) is 17.3 Å². The van der Waals surface area contributed by atoms with E-state index in [1.54, 1.807) is 6.92 Å². The van der Waals surface area contributed by atoms with Crippen LogP contribution in [0.25, 0.3) is 0 Å². The summed E-state index contributed by atoms with van der Waals surface area (Å²) in [5, 5.41) is 3.78. The lowest BCUT2D eigenvalue weighted by Crippen LogP contribution is -2.47. The molecule has 1 atom stereocenters. The zero-order valence-electron chi connectivity index (χ0n) is 13.0. The second-order valence-corrected chi connectivity index (χ2v) is 6.42. The molecule has 0 aromatic carbocycles. The average molecular weight is 293 g/mol. The fraction of sp³-hybridized carbons (Fsp3) is 0.733. The highest BCUT2D eigenvalue weighted by Crippen LogP contribution is 2.37. The minimum atomic E-state index is -0.0323. The predicted octanol–water partition coefficient (Wildman–Crippen LogP) is 1.31. The number of carbonyl (C=O) groups excluding carboxylic acids is 1. The van der Waals surface area contributed by atoms with Gasteiger partial charge in [0.25, 0.3) is 5.91 Å². The van der Waals surface area contributed by atoms with Crippen molar-refractivity contribution in [3.8, 4) is 0 Å². The number of hydrogen-bond donors (Lipinski definition) is 0. The number of piperidine rings is 1. The van der Waals surface area contributed by atoms with Crippen molar-refractivity contribution in [3.05, 3.63) is 17.5 Å². The van der Waals surface area contributed by atoms with Gasteiger partial charge in [-0.25, -0.2) is 0 Å². The number of rotatable bonds is 2. The summed E-state index contributed by atoms with van der Waals surface area (Å²) in [4.78, 5) is 16.5. The Kier molecular flexibility index (Phi) is 3.75. The van der Waals surface area contributed by atoms with Crippen LogP contribution in [-0.2, 0) is 4.74 Å². The highest BCUT2D eigenvalue weighted by Gasteiger charge is 2.44. The van der Waals surface area contributed by atoms with E-state index in [-0.39, 0.29) is 11.5 Å². The summed E-state index contributed by atoms with van der Waals surface area (Å²) in [5.74, 6) is 0.0192. The van der Waals surface area contributed by atoms with E-state index in [1.165, 1.54) is 6.26 Å². The van der Waals surface area contributed by atoms with E-state index < -0.39 is 0 Å². The Labute approximate surface area is 125 Å². The van der Waals surface area contributed by atoms with E-state index >= 15 is 0 Å². The van der Waals surface area contributed by atoms with Crippen LogP contribution in [-0.4, -0.2) is 66.3 Å². The van der Waals surface area contributed by atoms with Crippen LogP contribution in [0.3, 0.4) is 0 Å². The van der Waals surface area contributed by atoms with Gasteiger partial charge in [-0.2, -0.15) is 0 Å². The number of likely N-dealkylation sites (tertiary alicyclic amines) is 1. The van der Waals surface area contributed by atoms with Crippen molar-refractivity contribution in [1.82, 2.24) is 15.0 Å². The van der Waals surface area contributed by atoms with Gasteiger partial charge in [-0.05, 0) is 40.3 Å².